The molecule has 1 aliphatic rings. The zero-order chi connectivity index (χ0) is 30.8. The van der Waals surface area contributed by atoms with Gasteiger partial charge >= 0.3 is 18.0 Å². The van der Waals surface area contributed by atoms with Gasteiger partial charge in [0.1, 0.15) is 5.75 Å². The Morgan fingerprint density at radius 1 is 1.05 bits per heavy atom. The maximum absolute atomic E-state index is 12.6. The topological polar surface area (TPSA) is 163 Å². The number of nitrogens with zero attached hydrogens (tertiary/aromatic N) is 1. The third-order valence-electron chi connectivity index (χ3n) is 5.63. The first-order valence-electron chi connectivity index (χ1n) is 12.3. The number of hydrazone groups is 1. The number of halogens is 2. The lowest BCUT2D eigenvalue weighted by Gasteiger charge is -2.28. The van der Waals surface area contributed by atoms with Gasteiger partial charge in [-0.05, 0) is 81.1 Å². The highest BCUT2D eigenvalue weighted by Crippen LogP contribution is 2.35. The molecule has 42 heavy (non-hydrogen) atoms. The predicted molar refractivity (Wildman–Crippen MR) is 157 cm³/mol. The second-order valence-corrected chi connectivity index (χ2v) is 10.2. The van der Waals surface area contributed by atoms with E-state index in [1.54, 1.807) is 44.2 Å². The van der Waals surface area contributed by atoms with Gasteiger partial charge < -0.3 is 34.3 Å². The highest BCUT2D eigenvalue weighted by atomic mass is 79.9. The summed E-state index contributed by atoms with van der Waals surface area (Å²) in [5, 5.41) is 9.23. The number of ether oxygens (including phenoxy) is 5. The monoisotopic (exact) mass is 710 g/mol. The van der Waals surface area contributed by atoms with E-state index in [1.807, 2.05) is 0 Å². The molecule has 3 rings (SSSR count). The van der Waals surface area contributed by atoms with Crippen LogP contribution in [0.25, 0.3) is 0 Å². The summed E-state index contributed by atoms with van der Waals surface area (Å²) in [7, 11) is 2.69. The molecular weight excluding hydrogens is 684 g/mol. The number of benzene rings is 2. The van der Waals surface area contributed by atoms with E-state index < -0.39 is 29.9 Å². The Hall–Kier alpha value is -4.11. The zero-order valence-electron chi connectivity index (χ0n) is 23.0. The number of amides is 3. The molecular formula is C27H28Br2N4O9. The predicted octanol–water partition coefficient (Wildman–Crippen LogP) is 3.49. The van der Waals surface area contributed by atoms with Gasteiger partial charge in [0.05, 0.1) is 47.6 Å². The maximum Gasteiger partial charge on any atom is 0.343 e. The summed E-state index contributed by atoms with van der Waals surface area (Å²) in [6.07, 6.45) is 1.41. The Kier molecular flexibility index (Phi) is 11.7. The maximum atomic E-state index is 12.6. The van der Waals surface area contributed by atoms with Gasteiger partial charge in [0.2, 0.25) is 0 Å². The molecule has 2 aromatic carbocycles. The van der Waals surface area contributed by atoms with Crippen LogP contribution in [-0.2, 0) is 23.9 Å². The fourth-order valence-electron chi connectivity index (χ4n) is 3.74. The third kappa shape index (κ3) is 8.45. The smallest absolute Gasteiger partial charge is 0.343 e. The fourth-order valence-corrected chi connectivity index (χ4v) is 5.19. The van der Waals surface area contributed by atoms with Crippen molar-refractivity contribution in [3.8, 4) is 17.2 Å². The van der Waals surface area contributed by atoms with Crippen molar-refractivity contribution in [3.63, 3.8) is 0 Å². The zero-order valence-corrected chi connectivity index (χ0v) is 26.2. The summed E-state index contributed by atoms with van der Waals surface area (Å²) in [6, 6.07) is 6.93. The quantitative estimate of drug-likeness (QED) is 0.170. The number of rotatable bonds is 12. The van der Waals surface area contributed by atoms with Crippen LogP contribution < -0.4 is 30.3 Å². The molecule has 1 atom stereocenters. The minimum absolute atomic E-state index is 0.174. The molecule has 0 radical (unpaired) electrons. The first-order chi connectivity index (χ1) is 20.1. The number of hydrogen-bond acceptors (Lipinski definition) is 10. The van der Waals surface area contributed by atoms with Crippen LogP contribution in [-0.4, -0.2) is 64.1 Å². The Morgan fingerprint density at radius 2 is 1.76 bits per heavy atom. The molecule has 0 fully saturated rings. The van der Waals surface area contributed by atoms with Gasteiger partial charge in [0, 0.05) is 5.70 Å². The molecule has 0 saturated carbocycles. The van der Waals surface area contributed by atoms with Crippen molar-refractivity contribution < 1.29 is 42.9 Å². The molecule has 0 unspecified atom stereocenters. The second-order valence-electron chi connectivity index (χ2n) is 8.46. The van der Waals surface area contributed by atoms with Gasteiger partial charge in [-0.3, -0.25) is 4.79 Å². The number of esters is 2. The lowest BCUT2D eigenvalue weighted by molar-refractivity contribution is -0.143. The molecule has 13 nitrogen and oxygen atoms in total. The van der Waals surface area contributed by atoms with Gasteiger partial charge in [0.25, 0.3) is 5.91 Å². The molecule has 2 aromatic rings. The first-order valence-corrected chi connectivity index (χ1v) is 13.9. The Bertz CT molecular complexity index is 1410. The van der Waals surface area contributed by atoms with Crippen LogP contribution in [0.2, 0.25) is 0 Å². The molecule has 0 aliphatic carbocycles. The summed E-state index contributed by atoms with van der Waals surface area (Å²) >= 11 is 6.74. The van der Waals surface area contributed by atoms with Crippen molar-refractivity contribution in [2.45, 2.75) is 19.9 Å². The number of methoxy groups -OCH3 is 2. The third-order valence-corrected chi connectivity index (χ3v) is 6.81. The van der Waals surface area contributed by atoms with Crippen molar-refractivity contribution in [2.75, 3.05) is 34.0 Å². The normalized spacial score (nSPS) is 14.5. The molecule has 0 saturated heterocycles. The molecule has 1 aliphatic heterocycles. The van der Waals surface area contributed by atoms with Crippen LogP contribution in [0.5, 0.6) is 17.2 Å². The average Bonchev–Trinajstić information content (AvgIpc) is 2.95. The highest BCUT2D eigenvalue weighted by molar-refractivity contribution is 9.11. The number of carbonyl (C=O) groups excluding carboxylic acids is 4. The molecule has 0 bridgehead atoms. The molecule has 15 heteroatoms. The highest BCUT2D eigenvalue weighted by Gasteiger charge is 2.32. The minimum Gasteiger partial charge on any atom is -0.493 e. The first kappa shape index (κ1) is 32.4. The number of hydrogen-bond donors (Lipinski definition) is 3. The number of nitrogens with one attached hydrogen (secondary N) is 3. The summed E-state index contributed by atoms with van der Waals surface area (Å²) < 4.78 is 27.3. The van der Waals surface area contributed by atoms with E-state index in [2.05, 4.69) is 57.8 Å². The van der Waals surface area contributed by atoms with Crippen LogP contribution in [0.3, 0.4) is 0 Å². The van der Waals surface area contributed by atoms with Crippen molar-refractivity contribution in [1.29, 1.82) is 0 Å². The Labute approximate surface area is 258 Å². The van der Waals surface area contributed by atoms with Crippen molar-refractivity contribution >= 4 is 62.0 Å². The van der Waals surface area contributed by atoms with Crippen molar-refractivity contribution in [1.82, 2.24) is 16.1 Å². The SMILES string of the molecule is CCOC(=O)C1=C(C)NC(=O)N[C@H]1c1ccc(OCC(=O)N/N=C\c2cc(Br)c(OCC(=O)OC)c(Br)c2)c(OC)c1. The Morgan fingerprint density at radius 3 is 2.40 bits per heavy atom. The van der Waals surface area contributed by atoms with E-state index in [0.717, 1.165) is 0 Å². The molecule has 0 spiro atoms. The molecule has 224 valence electrons. The van der Waals surface area contributed by atoms with Gasteiger partial charge in [-0.15, -0.1) is 0 Å². The van der Waals surface area contributed by atoms with Gasteiger partial charge in [-0.25, -0.2) is 19.8 Å². The number of urea groups is 1. The van der Waals surface area contributed by atoms with E-state index >= 15 is 0 Å². The summed E-state index contributed by atoms with van der Waals surface area (Å²) in [5.41, 5.74) is 4.17. The molecule has 3 N–H and O–H groups in total. The van der Waals surface area contributed by atoms with E-state index in [4.69, 9.17) is 18.9 Å². The lowest BCUT2D eigenvalue weighted by atomic mass is 9.95. The molecule has 0 aromatic heterocycles. The van der Waals surface area contributed by atoms with Gasteiger partial charge in [-0.1, -0.05) is 6.07 Å². The van der Waals surface area contributed by atoms with E-state index in [-0.39, 0.29) is 36.9 Å². The molecule has 3 amide bonds. The van der Waals surface area contributed by atoms with Gasteiger partial charge in [-0.2, -0.15) is 5.10 Å². The van der Waals surface area contributed by atoms with Crippen LogP contribution in [0.4, 0.5) is 4.79 Å². The van der Waals surface area contributed by atoms with E-state index in [0.29, 0.717) is 31.5 Å². The largest absolute Gasteiger partial charge is 0.493 e. The van der Waals surface area contributed by atoms with Crippen LogP contribution >= 0.6 is 31.9 Å². The van der Waals surface area contributed by atoms with Crippen molar-refractivity contribution in [3.05, 3.63) is 61.7 Å². The van der Waals surface area contributed by atoms with E-state index in [9.17, 15) is 19.2 Å². The fraction of sp³-hybridized carbons (Fsp3) is 0.296. The number of carbonyl (C=O) groups is 4. The second kappa shape index (κ2) is 15.2. The van der Waals surface area contributed by atoms with Crippen LogP contribution in [0.1, 0.15) is 31.0 Å². The summed E-state index contributed by atoms with van der Waals surface area (Å²) in [5.74, 6) is -0.686. The van der Waals surface area contributed by atoms with Crippen LogP contribution in [0.15, 0.2) is 55.6 Å². The standard InChI is InChI=1S/C27H28Br2N4O9/c1-5-40-26(36)23-14(2)31-27(37)32-24(23)16-6-7-19(20(10-16)38-3)41-12-21(34)33-30-11-15-8-17(28)25(18(29)9-15)42-13-22(35)39-4/h6-11,24H,5,12-13H2,1-4H3,(H,33,34)(H2,31,32,37)/b30-11-/t24-/m0/s1. The summed E-state index contributed by atoms with van der Waals surface area (Å²) in [4.78, 5) is 48.4. The molecule has 1 heterocycles. The van der Waals surface area contributed by atoms with Gasteiger partial charge in [0.15, 0.2) is 24.7 Å². The Balaban J connectivity index is 1.64. The lowest BCUT2D eigenvalue weighted by Crippen LogP contribution is -2.45. The minimum atomic E-state index is -0.785. The van der Waals surface area contributed by atoms with E-state index in [1.165, 1.54) is 20.4 Å². The summed E-state index contributed by atoms with van der Waals surface area (Å²) in [6.45, 7) is 2.84. The van der Waals surface area contributed by atoms with Crippen LogP contribution in [0, 0.1) is 0 Å². The average molecular weight is 712 g/mol. The number of allylic oxidation sites excluding steroid dienone is 1. The van der Waals surface area contributed by atoms with Crippen molar-refractivity contribution in [2.24, 2.45) is 5.10 Å².